The Kier molecular flexibility index (Phi) is 6.70. The largest absolute Gasteiger partial charge is 0.430 e. The first-order chi connectivity index (χ1) is 15.5. The number of sulfone groups is 1. The molecule has 1 saturated carbocycles. The minimum absolute atomic E-state index is 0.0265. The van der Waals surface area contributed by atoms with Crippen LogP contribution in [-0.4, -0.2) is 42.5 Å². The maximum absolute atomic E-state index is 13.2. The van der Waals surface area contributed by atoms with Crippen molar-refractivity contribution in [2.45, 2.75) is 42.7 Å². The minimum Gasteiger partial charge on any atom is -0.369 e. The fourth-order valence-electron chi connectivity index (χ4n) is 3.23. The van der Waals surface area contributed by atoms with E-state index in [2.05, 4.69) is 10.3 Å². The third-order valence-electron chi connectivity index (χ3n) is 5.10. The number of amides is 1. The molecule has 3 rings (SSSR count). The zero-order valence-electron chi connectivity index (χ0n) is 17.3. The number of carbonyl (C=O) groups excluding carboxylic acids is 1. The molecule has 1 aliphatic carbocycles. The fourth-order valence-corrected chi connectivity index (χ4v) is 5.17. The van der Waals surface area contributed by atoms with E-state index in [1.54, 1.807) is 0 Å². The van der Waals surface area contributed by atoms with Gasteiger partial charge in [0.05, 0.1) is 17.1 Å². The van der Waals surface area contributed by atoms with Gasteiger partial charge in [-0.2, -0.15) is 26.3 Å². The highest BCUT2D eigenvalue weighted by Gasteiger charge is 2.72. The fraction of sp³-hybridized carbons (Fsp3) is 0.400. The normalized spacial score (nSPS) is 15.3. The number of aromatic nitrogens is 1. The van der Waals surface area contributed by atoms with Gasteiger partial charge in [0.25, 0.3) is 5.60 Å². The summed E-state index contributed by atoms with van der Waals surface area (Å²) in [6, 6.07) is 4.09. The molecule has 1 fully saturated rings. The highest BCUT2D eigenvalue weighted by Crippen LogP contribution is 2.52. The minimum atomic E-state index is -6.15. The molecule has 0 bridgehead atoms. The Balaban J connectivity index is 2.16. The van der Waals surface area contributed by atoms with E-state index >= 15 is 0 Å². The number of benzene rings is 1. The topological polar surface area (TPSA) is 96.4 Å². The maximum atomic E-state index is 13.2. The molecule has 1 aromatic heterocycles. The van der Waals surface area contributed by atoms with Crippen LogP contribution in [0, 0.1) is 5.92 Å². The summed E-state index contributed by atoms with van der Waals surface area (Å²) < 4.78 is 105. The number of hydrogen-bond donors (Lipinski definition) is 2. The van der Waals surface area contributed by atoms with Gasteiger partial charge in [0.2, 0.25) is 5.91 Å². The van der Waals surface area contributed by atoms with Crippen LogP contribution >= 0.6 is 11.6 Å². The number of halogens is 7. The molecule has 6 nitrogen and oxygen atoms in total. The quantitative estimate of drug-likeness (QED) is 0.520. The van der Waals surface area contributed by atoms with Crippen molar-refractivity contribution in [1.29, 1.82) is 0 Å². The van der Waals surface area contributed by atoms with E-state index in [1.807, 2.05) is 0 Å². The average Bonchev–Trinajstić information content (AvgIpc) is 3.48. The molecule has 186 valence electrons. The second kappa shape index (κ2) is 8.68. The molecule has 34 heavy (non-hydrogen) atoms. The molecule has 1 heterocycles. The molecule has 1 aromatic carbocycles. The van der Waals surface area contributed by atoms with Gasteiger partial charge in [-0.05, 0) is 37.0 Å². The van der Waals surface area contributed by atoms with Crippen LogP contribution in [0.4, 0.5) is 32.0 Å². The molecule has 0 saturated heterocycles. The molecule has 2 N–H and O–H groups in total. The second-order valence-corrected chi connectivity index (χ2v) is 10.2. The lowest BCUT2D eigenvalue weighted by molar-refractivity contribution is -0.376. The first-order valence-corrected chi connectivity index (χ1v) is 11.7. The molecule has 14 heteroatoms. The van der Waals surface area contributed by atoms with E-state index in [0.29, 0.717) is 12.1 Å². The predicted octanol–water partition coefficient (Wildman–Crippen LogP) is 4.86. The molecule has 0 unspecified atom stereocenters. The van der Waals surface area contributed by atoms with Gasteiger partial charge in [0, 0.05) is 23.1 Å². The van der Waals surface area contributed by atoms with Crippen LogP contribution in [0.1, 0.15) is 25.3 Å². The highest BCUT2D eigenvalue weighted by molar-refractivity contribution is 7.91. The SMILES string of the molecule is CC(=O)Nc1ccc(S(=O)(=O)CC2CC2)nc1-c1ccc(C(O)(C(F)(F)F)C(F)(F)F)c(Cl)c1. The first-order valence-electron chi connectivity index (χ1n) is 9.65. The number of pyridine rings is 1. The number of carbonyl (C=O) groups is 1. The predicted molar refractivity (Wildman–Crippen MR) is 110 cm³/mol. The molecule has 0 radical (unpaired) electrons. The first kappa shape index (κ1) is 26.2. The Morgan fingerprint density at radius 2 is 1.71 bits per heavy atom. The van der Waals surface area contributed by atoms with Crippen molar-refractivity contribution >= 4 is 33.0 Å². The highest BCUT2D eigenvalue weighted by atomic mass is 35.5. The summed E-state index contributed by atoms with van der Waals surface area (Å²) >= 11 is 5.75. The van der Waals surface area contributed by atoms with E-state index in [9.17, 15) is 44.7 Å². The van der Waals surface area contributed by atoms with Crippen molar-refractivity contribution < 1.29 is 44.7 Å². The van der Waals surface area contributed by atoms with Gasteiger partial charge in [0.15, 0.2) is 14.9 Å². The van der Waals surface area contributed by atoms with E-state index < -0.39 is 44.3 Å². The number of nitrogens with one attached hydrogen (secondary N) is 1. The molecular formula is C20H17ClF6N2O4S. The smallest absolute Gasteiger partial charge is 0.369 e. The zero-order chi connectivity index (χ0) is 25.7. The Hall–Kier alpha value is -2.38. The number of aliphatic hydroxyl groups is 1. The lowest BCUT2D eigenvalue weighted by Crippen LogP contribution is -2.54. The number of rotatable bonds is 6. The number of hydrogen-bond acceptors (Lipinski definition) is 5. The van der Waals surface area contributed by atoms with E-state index in [4.69, 9.17) is 11.6 Å². The van der Waals surface area contributed by atoms with Crippen LogP contribution in [0.15, 0.2) is 35.4 Å². The van der Waals surface area contributed by atoms with Crippen LogP contribution in [0.25, 0.3) is 11.3 Å². The lowest BCUT2D eigenvalue weighted by atomic mass is 9.91. The van der Waals surface area contributed by atoms with Crippen molar-refractivity contribution in [3.8, 4) is 11.3 Å². The lowest BCUT2D eigenvalue weighted by Gasteiger charge is -2.33. The standard InChI is InChI=1S/C20H17ClF6N2O4S/c1-10(30)28-15-6-7-16(34(32,33)9-11-2-3-11)29-17(15)12-4-5-13(14(21)8-12)18(31,19(22,23)24)20(25,26)27/h4-8,11,31H,2-3,9H2,1H3,(H,28,30). The Morgan fingerprint density at radius 3 is 2.18 bits per heavy atom. The molecule has 0 atom stereocenters. The molecule has 2 aromatic rings. The van der Waals surface area contributed by atoms with Crippen LogP contribution in [0.5, 0.6) is 0 Å². The van der Waals surface area contributed by atoms with Gasteiger partial charge in [-0.1, -0.05) is 23.7 Å². The maximum Gasteiger partial charge on any atom is 0.430 e. The monoisotopic (exact) mass is 530 g/mol. The average molecular weight is 531 g/mol. The number of alkyl halides is 6. The zero-order valence-corrected chi connectivity index (χ0v) is 18.8. The van der Waals surface area contributed by atoms with Crippen molar-refractivity contribution in [2.75, 3.05) is 11.1 Å². The van der Waals surface area contributed by atoms with Crippen LogP contribution in [0.3, 0.4) is 0 Å². The summed E-state index contributed by atoms with van der Waals surface area (Å²) in [4.78, 5) is 15.5. The van der Waals surface area contributed by atoms with Crippen molar-refractivity contribution in [3.05, 3.63) is 40.9 Å². The van der Waals surface area contributed by atoms with Crippen LogP contribution in [0.2, 0.25) is 5.02 Å². The van der Waals surface area contributed by atoms with Gasteiger partial charge in [-0.25, -0.2) is 13.4 Å². The number of nitrogens with zero attached hydrogens (tertiary/aromatic N) is 1. The van der Waals surface area contributed by atoms with Gasteiger partial charge in [0.1, 0.15) is 0 Å². The molecule has 1 aliphatic rings. The van der Waals surface area contributed by atoms with E-state index in [-0.39, 0.29) is 33.6 Å². The third kappa shape index (κ3) is 5.01. The van der Waals surface area contributed by atoms with E-state index in [1.165, 1.54) is 6.07 Å². The van der Waals surface area contributed by atoms with Gasteiger partial charge < -0.3 is 10.4 Å². The van der Waals surface area contributed by atoms with Crippen molar-refractivity contribution in [1.82, 2.24) is 4.98 Å². The van der Waals surface area contributed by atoms with Crippen LogP contribution < -0.4 is 5.32 Å². The molecule has 0 spiro atoms. The summed E-state index contributed by atoms with van der Waals surface area (Å²) in [5.74, 6) is -0.799. The van der Waals surface area contributed by atoms with Gasteiger partial charge >= 0.3 is 12.4 Å². The summed E-state index contributed by atoms with van der Waals surface area (Å²) in [5.41, 5.74) is -7.41. The molecule has 1 amide bonds. The summed E-state index contributed by atoms with van der Waals surface area (Å²) in [6.07, 6.45) is -10.8. The number of anilines is 1. The summed E-state index contributed by atoms with van der Waals surface area (Å²) in [6.45, 7) is 1.13. The third-order valence-corrected chi connectivity index (χ3v) is 7.19. The van der Waals surface area contributed by atoms with E-state index in [0.717, 1.165) is 31.9 Å². The second-order valence-electron chi connectivity index (χ2n) is 7.85. The Labute approximate surface area is 194 Å². The van der Waals surface area contributed by atoms with Crippen LogP contribution in [-0.2, 0) is 20.2 Å². The Morgan fingerprint density at radius 1 is 1.12 bits per heavy atom. The summed E-state index contributed by atoms with van der Waals surface area (Å²) in [5, 5.41) is 10.5. The molecular weight excluding hydrogens is 514 g/mol. The molecule has 0 aliphatic heterocycles. The Bertz CT molecular complexity index is 1210. The van der Waals surface area contributed by atoms with Gasteiger partial charge in [-0.15, -0.1) is 0 Å². The van der Waals surface area contributed by atoms with Crippen molar-refractivity contribution in [3.63, 3.8) is 0 Å². The van der Waals surface area contributed by atoms with Crippen molar-refractivity contribution in [2.24, 2.45) is 5.92 Å². The van der Waals surface area contributed by atoms with Gasteiger partial charge in [-0.3, -0.25) is 4.79 Å². The summed E-state index contributed by atoms with van der Waals surface area (Å²) in [7, 11) is -3.85.